The lowest BCUT2D eigenvalue weighted by molar-refractivity contribution is 0.0727. The number of esters is 1. The van der Waals surface area contributed by atoms with E-state index in [1.54, 1.807) is 31.2 Å². The average molecular weight is 448 g/mol. The summed E-state index contributed by atoms with van der Waals surface area (Å²) in [7, 11) is 0. The van der Waals surface area contributed by atoms with E-state index in [0.717, 1.165) is 11.1 Å². The first kappa shape index (κ1) is 23.0. The van der Waals surface area contributed by atoms with Crippen molar-refractivity contribution in [3.63, 3.8) is 0 Å². The quantitative estimate of drug-likeness (QED) is 0.315. The Morgan fingerprint density at radius 3 is 2.21 bits per heavy atom. The molecule has 0 saturated heterocycles. The highest BCUT2D eigenvalue weighted by Gasteiger charge is 2.35. The van der Waals surface area contributed by atoms with Crippen LogP contribution in [0.25, 0.3) is 0 Å². The first-order valence-corrected chi connectivity index (χ1v) is 11.4. The maximum absolute atomic E-state index is 15.6. The molecule has 172 valence electrons. The second-order valence-electron chi connectivity index (χ2n) is 8.97. The van der Waals surface area contributed by atoms with Crippen molar-refractivity contribution in [3.05, 3.63) is 94.3 Å². The van der Waals surface area contributed by atoms with Crippen molar-refractivity contribution < 1.29 is 18.7 Å². The maximum atomic E-state index is 15.6. The van der Waals surface area contributed by atoms with Gasteiger partial charge in [0.2, 0.25) is 0 Å². The minimum atomic E-state index is -0.612. The van der Waals surface area contributed by atoms with Gasteiger partial charge in [0, 0.05) is 35.8 Å². The number of nitrogens with zero attached hydrogens (tertiary/aromatic N) is 1. The Kier molecular flexibility index (Phi) is 6.80. The number of hydrogen-bond donors (Lipinski definition) is 0. The molecule has 0 spiro atoms. The van der Waals surface area contributed by atoms with Gasteiger partial charge in [0.05, 0.1) is 0 Å². The molecule has 0 unspecified atom stereocenters. The fourth-order valence-corrected chi connectivity index (χ4v) is 4.21. The Bertz CT molecular complexity index is 1130. The minimum absolute atomic E-state index is 0.157. The van der Waals surface area contributed by atoms with Crippen LogP contribution in [0.3, 0.4) is 0 Å². The number of hydrogen-bond acceptors (Lipinski definition) is 4. The first-order chi connectivity index (χ1) is 15.9. The minimum Gasteiger partial charge on any atom is -0.488 e. The van der Waals surface area contributed by atoms with E-state index in [9.17, 15) is 4.79 Å². The van der Waals surface area contributed by atoms with Crippen LogP contribution in [0.5, 0.6) is 11.5 Å². The van der Waals surface area contributed by atoms with Gasteiger partial charge in [-0.05, 0) is 37.5 Å². The molecule has 4 nitrogen and oxygen atoms in total. The molecular formula is C28H30FNO3. The van der Waals surface area contributed by atoms with Gasteiger partial charge in [0.1, 0.15) is 29.5 Å². The normalized spacial score (nSPS) is 14.2. The van der Waals surface area contributed by atoms with E-state index < -0.39 is 5.97 Å². The fourth-order valence-electron chi connectivity index (χ4n) is 4.21. The molecule has 5 heteroatoms. The number of para-hydroxylation sites is 1. The Balaban J connectivity index is 1.75. The van der Waals surface area contributed by atoms with E-state index in [4.69, 9.17) is 9.47 Å². The second kappa shape index (κ2) is 9.75. The van der Waals surface area contributed by atoms with Crippen LogP contribution in [0.2, 0.25) is 0 Å². The lowest BCUT2D eigenvalue weighted by atomic mass is 9.98. The van der Waals surface area contributed by atoms with Crippen molar-refractivity contribution in [2.75, 3.05) is 0 Å². The zero-order chi connectivity index (χ0) is 23.5. The van der Waals surface area contributed by atoms with E-state index in [1.165, 1.54) is 0 Å². The molecule has 0 aromatic heterocycles. The van der Waals surface area contributed by atoms with Crippen LogP contribution in [-0.2, 0) is 19.7 Å². The van der Waals surface area contributed by atoms with Crippen molar-refractivity contribution in [1.82, 2.24) is 4.90 Å². The van der Waals surface area contributed by atoms with Crippen molar-refractivity contribution in [3.8, 4) is 11.5 Å². The third-order valence-electron chi connectivity index (χ3n) is 6.48. The summed E-state index contributed by atoms with van der Waals surface area (Å²) in [5.41, 5.74) is 2.74. The van der Waals surface area contributed by atoms with Gasteiger partial charge in [-0.3, -0.25) is 4.90 Å². The van der Waals surface area contributed by atoms with Crippen molar-refractivity contribution in [2.45, 2.75) is 53.4 Å². The SMILES string of the molecule is Cc1c(F)c2c(c(OCc3ccccc3)c1C(=O)Oc1ccccc1)CN([C@@H](C)C(C)C)C2. The van der Waals surface area contributed by atoms with Gasteiger partial charge in [-0.2, -0.15) is 0 Å². The monoisotopic (exact) mass is 447 g/mol. The van der Waals surface area contributed by atoms with Crippen LogP contribution < -0.4 is 9.47 Å². The third kappa shape index (κ3) is 4.79. The largest absolute Gasteiger partial charge is 0.488 e. The molecule has 1 heterocycles. The highest BCUT2D eigenvalue weighted by molar-refractivity contribution is 5.96. The summed E-state index contributed by atoms with van der Waals surface area (Å²) in [5.74, 6) is 0.285. The van der Waals surface area contributed by atoms with Gasteiger partial charge >= 0.3 is 5.97 Å². The van der Waals surface area contributed by atoms with Gasteiger partial charge < -0.3 is 9.47 Å². The van der Waals surface area contributed by atoms with Gasteiger partial charge in [-0.25, -0.2) is 9.18 Å². The van der Waals surface area contributed by atoms with Crippen LogP contribution in [0.1, 0.15) is 53.4 Å². The summed E-state index contributed by atoms with van der Waals surface area (Å²) < 4.78 is 27.4. The zero-order valence-electron chi connectivity index (χ0n) is 19.6. The van der Waals surface area contributed by atoms with E-state index in [-0.39, 0.29) is 29.6 Å². The summed E-state index contributed by atoms with van der Waals surface area (Å²) in [4.78, 5) is 15.5. The first-order valence-electron chi connectivity index (χ1n) is 11.4. The molecule has 3 aromatic rings. The van der Waals surface area contributed by atoms with Crippen LogP contribution >= 0.6 is 0 Å². The van der Waals surface area contributed by atoms with E-state index in [2.05, 4.69) is 25.7 Å². The summed E-state index contributed by atoms with van der Waals surface area (Å²) in [6, 6.07) is 18.8. The smallest absolute Gasteiger partial charge is 0.347 e. The molecule has 1 aliphatic rings. The number of fused-ring (bicyclic) bond motifs is 1. The zero-order valence-corrected chi connectivity index (χ0v) is 19.6. The Hall–Kier alpha value is -3.18. The molecule has 0 saturated carbocycles. The molecule has 3 aromatic carbocycles. The lowest BCUT2D eigenvalue weighted by Gasteiger charge is -2.27. The van der Waals surface area contributed by atoms with E-state index >= 15 is 4.39 Å². The highest BCUT2D eigenvalue weighted by atomic mass is 19.1. The topological polar surface area (TPSA) is 38.8 Å². The molecule has 0 radical (unpaired) electrons. The number of carbonyl (C=O) groups is 1. The van der Waals surface area contributed by atoms with Crippen LogP contribution in [0.15, 0.2) is 60.7 Å². The Morgan fingerprint density at radius 1 is 0.970 bits per heavy atom. The highest BCUT2D eigenvalue weighted by Crippen LogP contribution is 2.40. The summed E-state index contributed by atoms with van der Waals surface area (Å²) in [6.07, 6.45) is 0. The molecule has 1 aliphatic heterocycles. The summed E-state index contributed by atoms with van der Waals surface area (Å²) >= 11 is 0. The standard InChI is InChI=1S/C28H30FNO3/c1-18(2)20(4)30-15-23-24(16-30)27(32-17-21-11-7-5-8-12-21)25(19(3)26(23)29)28(31)33-22-13-9-6-10-14-22/h5-14,18,20H,15-17H2,1-4H3/t20-/m0/s1. The molecule has 33 heavy (non-hydrogen) atoms. The maximum Gasteiger partial charge on any atom is 0.347 e. The van der Waals surface area contributed by atoms with Gasteiger partial charge in [0.15, 0.2) is 0 Å². The van der Waals surface area contributed by atoms with E-state index in [0.29, 0.717) is 36.1 Å². The lowest BCUT2D eigenvalue weighted by Crippen LogP contribution is -2.32. The van der Waals surface area contributed by atoms with Gasteiger partial charge in [-0.15, -0.1) is 0 Å². The predicted molar refractivity (Wildman–Crippen MR) is 127 cm³/mol. The Labute approximate surface area is 195 Å². The van der Waals surface area contributed by atoms with Crippen LogP contribution in [-0.4, -0.2) is 16.9 Å². The van der Waals surface area contributed by atoms with Crippen LogP contribution in [0, 0.1) is 18.7 Å². The van der Waals surface area contributed by atoms with E-state index in [1.807, 2.05) is 36.4 Å². The number of carbonyl (C=O) groups excluding carboxylic acids is 1. The molecule has 0 fully saturated rings. The molecule has 0 aliphatic carbocycles. The molecule has 1 atom stereocenters. The van der Waals surface area contributed by atoms with Crippen molar-refractivity contribution in [2.24, 2.45) is 5.92 Å². The fraction of sp³-hybridized carbons (Fsp3) is 0.321. The van der Waals surface area contributed by atoms with Crippen LogP contribution in [0.4, 0.5) is 4.39 Å². The molecule has 0 amide bonds. The number of halogens is 1. The molecule has 0 bridgehead atoms. The number of benzene rings is 3. The third-order valence-corrected chi connectivity index (χ3v) is 6.48. The summed E-state index contributed by atoms with van der Waals surface area (Å²) in [5, 5.41) is 0. The van der Waals surface area contributed by atoms with Gasteiger partial charge in [0.25, 0.3) is 0 Å². The van der Waals surface area contributed by atoms with Gasteiger partial charge in [-0.1, -0.05) is 62.4 Å². The van der Waals surface area contributed by atoms with Crippen molar-refractivity contribution in [1.29, 1.82) is 0 Å². The molecule has 0 N–H and O–H groups in total. The number of rotatable bonds is 7. The predicted octanol–water partition coefficient (Wildman–Crippen LogP) is 6.29. The number of ether oxygens (including phenoxy) is 2. The average Bonchev–Trinajstić information content (AvgIpc) is 3.26. The van der Waals surface area contributed by atoms with Crippen molar-refractivity contribution >= 4 is 5.97 Å². The molecule has 4 rings (SSSR count). The Morgan fingerprint density at radius 2 is 1.58 bits per heavy atom. The summed E-state index contributed by atoms with van der Waals surface area (Å²) in [6.45, 7) is 9.40. The molecular weight excluding hydrogens is 417 g/mol. The second-order valence-corrected chi connectivity index (χ2v) is 8.97.